The first-order valence-electron chi connectivity index (χ1n) is 7.09. The Bertz CT molecular complexity index is 656. The molecule has 4 aliphatic rings. The monoisotopic (exact) mass is 280 g/mol. The van der Waals surface area contributed by atoms with Crippen molar-refractivity contribution < 1.29 is 0 Å². The van der Waals surface area contributed by atoms with Gasteiger partial charge in [0.1, 0.15) is 0 Å². The van der Waals surface area contributed by atoms with Crippen molar-refractivity contribution in [3.8, 4) is 11.8 Å². The van der Waals surface area contributed by atoms with Crippen molar-refractivity contribution in [3.63, 3.8) is 0 Å². The molecule has 0 N–H and O–H groups in total. The highest BCUT2D eigenvalue weighted by Crippen LogP contribution is 2.18. The number of hydrogen-bond acceptors (Lipinski definition) is 0. The highest BCUT2D eigenvalue weighted by atomic mass is 35.5. The van der Waals surface area contributed by atoms with Gasteiger partial charge in [0.15, 0.2) is 0 Å². The Hall–Kier alpha value is -1.71. The highest BCUT2D eigenvalue weighted by molar-refractivity contribution is 6.19. The van der Waals surface area contributed by atoms with Crippen LogP contribution in [0, 0.1) is 11.8 Å². The second-order valence-electron chi connectivity index (χ2n) is 5.24. The first kappa shape index (κ1) is 13.3. The molecule has 0 radical (unpaired) electrons. The van der Waals surface area contributed by atoms with Crippen LogP contribution in [-0.4, -0.2) is 5.88 Å². The van der Waals surface area contributed by atoms with Crippen LogP contribution in [0.5, 0.6) is 0 Å². The molecule has 0 atom stereocenters. The van der Waals surface area contributed by atoms with E-state index in [9.17, 15) is 0 Å². The van der Waals surface area contributed by atoms with E-state index >= 15 is 0 Å². The summed E-state index contributed by atoms with van der Waals surface area (Å²) in [6, 6.07) is 15.8. The molecule has 2 aromatic carbocycles. The van der Waals surface area contributed by atoms with Gasteiger partial charge in [-0.2, -0.15) is 0 Å². The van der Waals surface area contributed by atoms with Crippen LogP contribution in [0.2, 0.25) is 0 Å². The average Bonchev–Trinajstić information content (AvgIpc) is 2.48. The topological polar surface area (TPSA) is 0 Å². The first-order valence-corrected chi connectivity index (χ1v) is 7.63. The number of alkyl halides is 1. The van der Waals surface area contributed by atoms with Gasteiger partial charge in [0.25, 0.3) is 0 Å². The molecular weight excluding hydrogens is 264 g/mol. The van der Waals surface area contributed by atoms with E-state index < -0.39 is 0 Å². The van der Waals surface area contributed by atoms with E-state index in [0.29, 0.717) is 5.88 Å². The highest BCUT2D eigenvalue weighted by Gasteiger charge is 2.06. The van der Waals surface area contributed by atoms with Crippen molar-refractivity contribution in [1.29, 1.82) is 0 Å². The van der Waals surface area contributed by atoms with Crippen LogP contribution in [0.4, 0.5) is 0 Å². The van der Waals surface area contributed by atoms with Crippen molar-refractivity contribution in [2.24, 2.45) is 0 Å². The van der Waals surface area contributed by atoms with Gasteiger partial charge in [-0.15, -0.1) is 11.6 Å². The maximum atomic E-state index is 5.69. The van der Waals surface area contributed by atoms with E-state index in [-0.39, 0.29) is 0 Å². The third-order valence-corrected chi connectivity index (χ3v) is 4.01. The molecule has 100 valence electrons. The van der Waals surface area contributed by atoms with Gasteiger partial charge in [-0.1, -0.05) is 48.2 Å². The van der Waals surface area contributed by atoms with E-state index in [1.54, 1.807) is 0 Å². The normalized spacial score (nSPS) is 13.2. The number of halogens is 1. The summed E-state index contributed by atoms with van der Waals surface area (Å²) in [5.41, 5.74) is 6.65. The second-order valence-corrected chi connectivity index (χ2v) is 5.51. The SMILES string of the molecule is ClCC#Cc1cc2ccc1CCc1ccc(cc1)CC2. The second kappa shape index (κ2) is 6.16. The Labute approximate surface area is 125 Å². The molecule has 0 unspecified atom stereocenters. The van der Waals surface area contributed by atoms with Crippen LogP contribution in [0.3, 0.4) is 0 Å². The number of hydrogen-bond donors (Lipinski definition) is 0. The summed E-state index contributed by atoms with van der Waals surface area (Å²) in [7, 11) is 0. The standard InChI is InChI=1S/C19H17Cl/c20-13-1-2-19-14-17-8-7-15-3-5-16(6-4-15)9-11-18(19)12-10-17/h3-6,10,12,14H,7-9,11,13H2. The van der Waals surface area contributed by atoms with Crippen LogP contribution >= 0.6 is 11.6 Å². The Morgan fingerprint density at radius 1 is 0.800 bits per heavy atom. The van der Waals surface area contributed by atoms with Crippen molar-refractivity contribution in [2.45, 2.75) is 25.7 Å². The average molecular weight is 281 g/mol. The van der Waals surface area contributed by atoms with E-state index in [2.05, 4.69) is 54.3 Å². The minimum absolute atomic E-state index is 0.393. The summed E-state index contributed by atoms with van der Waals surface area (Å²) in [4.78, 5) is 0. The largest absolute Gasteiger partial charge is 0.113 e. The van der Waals surface area contributed by atoms with Gasteiger partial charge in [0, 0.05) is 5.56 Å². The lowest BCUT2D eigenvalue weighted by Crippen LogP contribution is -2.00. The minimum atomic E-state index is 0.393. The summed E-state index contributed by atoms with van der Waals surface area (Å²) in [6.07, 6.45) is 4.25. The molecule has 6 rings (SSSR count). The zero-order valence-electron chi connectivity index (χ0n) is 11.5. The summed E-state index contributed by atoms with van der Waals surface area (Å²) in [6.45, 7) is 0. The Kier molecular flexibility index (Phi) is 4.09. The van der Waals surface area contributed by atoms with Gasteiger partial charge in [0.2, 0.25) is 0 Å². The number of benzene rings is 2. The predicted molar refractivity (Wildman–Crippen MR) is 85.3 cm³/mol. The van der Waals surface area contributed by atoms with Gasteiger partial charge < -0.3 is 0 Å². The lowest BCUT2D eigenvalue weighted by Gasteiger charge is -2.11. The number of rotatable bonds is 0. The van der Waals surface area contributed by atoms with E-state index in [0.717, 1.165) is 31.2 Å². The lowest BCUT2D eigenvalue weighted by atomic mass is 9.93. The van der Waals surface area contributed by atoms with Crippen LogP contribution in [-0.2, 0) is 25.7 Å². The summed E-state index contributed by atoms with van der Waals surface area (Å²) in [5, 5.41) is 0. The molecule has 4 bridgehead atoms. The van der Waals surface area contributed by atoms with Gasteiger partial charge in [-0.3, -0.25) is 0 Å². The predicted octanol–water partition coefficient (Wildman–Crippen LogP) is 4.16. The molecule has 4 aliphatic carbocycles. The van der Waals surface area contributed by atoms with Gasteiger partial charge in [-0.25, -0.2) is 0 Å². The summed E-state index contributed by atoms with van der Waals surface area (Å²) in [5.74, 6) is 6.60. The van der Waals surface area contributed by atoms with E-state index in [1.165, 1.54) is 22.3 Å². The zero-order valence-corrected chi connectivity index (χ0v) is 12.2. The molecule has 0 fully saturated rings. The van der Waals surface area contributed by atoms with Gasteiger partial charge in [0.05, 0.1) is 5.88 Å². The fraction of sp³-hybridized carbons (Fsp3) is 0.263. The van der Waals surface area contributed by atoms with Gasteiger partial charge in [-0.05, 0) is 54.0 Å². The molecule has 0 amide bonds. The van der Waals surface area contributed by atoms with Crippen LogP contribution in [0.15, 0.2) is 42.5 Å². The smallest absolute Gasteiger partial charge is 0.0839 e. The lowest BCUT2D eigenvalue weighted by molar-refractivity contribution is 0.918. The first-order chi connectivity index (χ1) is 9.85. The molecule has 0 saturated heterocycles. The quantitative estimate of drug-likeness (QED) is 0.502. The molecule has 20 heavy (non-hydrogen) atoms. The van der Waals surface area contributed by atoms with E-state index in [1.807, 2.05) is 0 Å². The fourth-order valence-corrected chi connectivity index (χ4v) is 2.75. The van der Waals surface area contributed by atoms with Crippen molar-refractivity contribution in [3.05, 3.63) is 70.3 Å². The molecule has 0 spiro atoms. The zero-order chi connectivity index (χ0) is 13.8. The molecule has 0 aromatic heterocycles. The van der Waals surface area contributed by atoms with Gasteiger partial charge >= 0.3 is 0 Å². The Morgan fingerprint density at radius 3 is 2.10 bits per heavy atom. The molecule has 2 aromatic rings. The molecule has 0 aliphatic heterocycles. The fourth-order valence-electron chi connectivity index (χ4n) is 2.68. The number of aryl methyl sites for hydroxylation is 4. The Morgan fingerprint density at radius 2 is 1.40 bits per heavy atom. The molecular formula is C19H17Cl. The molecule has 0 heterocycles. The third-order valence-electron chi connectivity index (χ3n) is 3.87. The van der Waals surface area contributed by atoms with Crippen LogP contribution in [0.25, 0.3) is 0 Å². The Balaban J connectivity index is 1.99. The maximum absolute atomic E-state index is 5.69. The van der Waals surface area contributed by atoms with Crippen LogP contribution < -0.4 is 0 Å². The van der Waals surface area contributed by atoms with Crippen LogP contribution in [0.1, 0.15) is 27.8 Å². The maximum Gasteiger partial charge on any atom is 0.0839 e. The molecule has 1 heteroatoms. The van der Waals surface area contributed by atoms with E-state index in [4.69, 9.17) is 11.6 Å². The van der Waals surface area contributed by atoms with Crippen molar-refractivity contribution in [2.75, 3.05) is 5.88 Å². The third kappa shape index (κ3) is 3.06. The minimum Gasteiger partial charge on any atom is -0.113 e. The molecule has 0 nitrogen and oxygen atoms in total. The van der Waals surface area contributed by atoms with Crippen molar-refractivity contribution in [1.82, 2.24) is 0 Å². The van der Waals surface area contributed by atoms with Crippen molar-refractivity contribution >= 4 is 11.6 Å². The summed E-state index contributed by atoms with van der Waals surface area (Å²) >= 11 is 5.69. The summed E-state index contributed by atoms with van der Waals surface area (Å²) < 4.78 is 0. The molecule has 0 saturated carbocycles.